The molecule has 94 valence electrons. The number of primary amides is 1. The molecule has 0 saturated carbocycles. The second-order valence-corrected chi connectivity index (χ2v) is 3.87. The van der Waals surface area contributed by atoms with Crippen LogP contribution >= 0.6 is 0 Å². The Hall–Kier alpha value is -1.30. The Morgan fingerprint density at radius 1 is 1.38 bits per heavy atom. The van der Waals surface area contributed by atoms with Gasteiger partial charge in [0.25, 0.3) is 0 Å². The van der Waals surface area contributed by atoms with E-state index in [2.05, 4.69) is 10.6 Å². The monoisotopic (exact) mass is 231 g/mol. The Kier molecular flexibility index (Phi) is 5.81. The van der Waals surface area contributed by atoms with Crippen molar-refractivity contribution in [2.75, 3.05) is 6.61 Å². The summed E-state index contributed by atoms with van der Waals surface area (Å²) in [4.78, 5) is 22.2. The van der Waals surface area contributed by atoms with Gasteiger partial charge in [-0.25, -0.2) is 4.79 Å². The normalized spacial score (nSPS) is 13.0. The highest BCUT2D eigenvalue weighted by molar-refractivity contribution is 5.86. The van der Waals surface area contributed by atoms with E-state index >= 15 is 0 Å². The van der Waals surface area contributed by atoms with E-state index in [1.807, 2.05) is 13.8 Å². The van der Waals surface area contributed by atoms with Crippen LogP contribution in [0.1, 0.15) is 33.6 Å². The van der Waals surface area contributed by atoms with Gasteiger partial charge in [0.05, 0.1) is 12.1 Å². The number of carbonyl (C=O) groups is 2. The summed E-state index contributed by atoms with van der Waals surface area (Å²) < 4.78 is 0. The molecule has 0 bridgehead atoms. The van der Waals surface area contributed by atoms with Crippen LogP contribution in [0.3, 0.4) is 0 Å². The van der Waals surface area contributed by atoms with Crippen molar-refractivity contribution < 1.29 is 14.7 Å². The lowest BCUT2D eigenvalue weighted by molar-refractivity contribution is -0.125. The van der Waals surface area contributed by atoms with Gasteiger partial charge in [-0.15, -0.1) is 0 Å². The number of hydrogen-bond acceptors (Lipinski definition) is 3. The summed E-state index contributed by atoms with van der Waals surface area (Å²) in [5.74, 6) is -0.350. The maximum atomic E-state index is 11.7. The minimum Gasteiger partial charge on any atom is -0.394 e. The van der Waals surface area contributed by atoms with Gasteiger partial charge in [-0.2, -0.15) is 0 Å². The zero-order chi connectivity index (χ0) is 12.8. The molecule has 0 saturated heterocycles. The van der Waals surface area contributed by atoms with Gasteiger partial charge in [0.2, 0.25) is 5.91 Å². The number of aliphatic hydroxyl groups is 1. The van der Waals surface area contributed by atoms with Crippen LogP contribution in [0.5, 0.6) is 0 Å². The minimum absolute atomic E-state index is 0.130. The molecule has 1 unspecified atom stereocenters. The highest BCUT2D eigenvalue weighted by Gasteiger charge is 2.29. The number of rotatable bonds is 6. The molecule has 0 aromatic carbocycles. The second kappa shape index (κ2) is 6.32. The summed E-state index contributed by atoms with van der Waals surface area (Å²) in [5, 5.41) is 14.3. The van der Waals surface area contributed by atoms with Crippen molar-refractivity contribution in [2.24, 2.45) is 5.73 Å². The average Bonchev–Trinajstić information content (AvgIpc) is 2.25. The van der Waals surface area contributed by atoms with Crippen LogP contribution in [0.25, 0.3) is 0 Å². The quantitative estimate of drug-likeness (QED) is 0.505. The van der Waals surface area contributed by atoms with Crippen LogP contribution in [0.2, 0.25) is 0 Å². The lowest BCUT2D eigenvalue weighted by Crippen LogP contribution is -2.56. The highest BCUT2D eigenvalue weighted by atomic mass is 16.3. The molecule has 0 fully saturated rings. The third-order valence-corrected chi connectivity index (χ3v) is 2.80. The zero-order valence-electron chi connectivity index (χ0n) is 10.0. The number of nitrogens with two attached hydrogens (primary N) is 1. The summed E-state index contributed by atoms with van der Waals surface area (Å²) in [6.07, 6.45) is 1.24. The number of hydrogen-bond donors (Lipinski definition) is 4. The Labute approximate surface area is 95.6 Å². The number of urea groups is 1. The van der Waals surface area contributed by atoms with Gasteiger partial charge >= 0.3 is 6.03 Å². The average molecular weight is 231 g/mol. The van der Waals surface area contributed by atoms with Gasteiger partial charge in [0.1, 0.15) is 6.04 Å². The number of nitrogens with one attached hydrogen (secondary N) is 2. The number of amides is 3. The molecule has 0 heterocycles. The molecule has 0 aliphatic carbocycles. The van der Waals surface area contributed by atoms with Crippen LogP contribution in [0.15, 0.2) is 0 Å². The van der Waals surface area contributed by atoms with E-state index in [1.54, 1.807) is 0 Å². The van der Waals surface area contributed by atoms with Crippen LogP contribution < -0.4 is 16.4 Å². The Morgan fingerprint density at radius 3 is 2.19 bits per heavy atom. The van der Waals surface area contributed by atoms with Crippen molar-refractivity contribution in [1.29, 1.82) is 0 Å². The molecule has 0 aliphatic heterocycles. The van der Waals surface area contributed by atoms with Crippen LogP contribution in [0, 0.1) is 0 Å². The smallest absolute Gasteiger partial charge is 0.312 e. The minimum atomic E-state index is -0.745. The molecule has 0 rings (SSSR count). The van der Waals surface area contributed by atoms with Gasteiger partial charge in [0.15, 0.2) is 0 Å². The predicted molar refractivity (Wildman–Crippen MR) is 60.7 cm³/mol. The van der Waals surface area contributed by atoms with E-state index in [1.165, 1.54) is 6.92 Å². The van der Waals surface area contributed by atoms with E-state index in [-0.39, 0.29) is 12.5 Å². The van der Waals surface area contributed by atoms with Gasteiger partial charge in [-0.1, -0.05) is 13.8 Å². The summed E-state index contributed by atoms with van der Waals surface area (Å²) in [7, 11) is 0. The fourth-order valence-electron chi connectivity index (χ4n) is 1.34. The molecule has 6 heteroatoms. The topological polar surface area (TPSA) is 104 Å². The first-order chi connectivity index (χ1) is 7.40. The lowest BCUT2D eigenvalue weighted by atomic mass is 9.93. The molecule has 0 radical (unpaired) electrons. The van der Waals surface area contributed by atoms with Gasteiger partial charge < -0.3 is 21.5 Å². The van der Waals surface area contributed by atoms with Crippen LogP contribution in [0.4, 0.5) is 4.79 Å². The first-order valence-corrected chi connectivity index (χ1v) is 5.39. The van der Waals surface area contributed by atoms with Gasteiger partial charge in [-0.3, -0.25) is 4.79 Å². The standard InChI is InChI=1S/C10H21N3O3/c1-4-10(5-2,6-14)13-8(15)7(3)12-9(11)16/h7,14H,4-6H2,1-3H3,(H,13,15)(H3,11,12,16). The molecule has 5 N–H and O–H groups in total. The van der Waals surface area contributed by atoms with E-state index in [0.717, 1.165) is 0 Å². The zero-order valence-corrected chi connectivity index (χ0v) is 10.0. The summed E-state index contributed by atoms with van der Waals surface area (Å²) >= 11 is 0. The molecule has 0 spiro atoms. The van der Waals surface area contributed by atoms with Crippen molar-refractivity contribution >= 4 is 11.9 Å². The van der Waals surface area contributed by atoms with Crippen molar-refractivity contribution in [1.82, 2.24) is 10.6 Å². The van der Waals surface area contributed by atoms with Gasteiger partial charge in [-0.05, 0) is 19.8 Å². The maximum absolute atomic E-state index is 11.7. The Bertz CT molecular complexity index is 243. The Morgan fingerprint density at radius 2 is 1.88 bits per heavy atom. The molecule has 0 aromatic heterocycles. The molecular formula is C10H21N3O3. The third kappa shape index (κ3) is 4.06. The number of aliphatic hydroxyl groups excluding tert-OH is 1. The van der Waals surface area contributed by atoms with E-state index < -0.39 is 17.6 Å². The van der Waals surface area contributed by atoms with Crippen molar-refractivity contribution in [3.8, 4) is 0 Å². The van der Waals surface area contributed by atoms with Gasteiger partial charge in [0, 0.05) is 0 Å². The van der Waals surface area contributed by atoms with E-state index in [9.17, 15) is 14.7 Å². The fraction of sp³-hybridized carbons (Fsp3) is 0.800. The van der Waals surface area contributed by atoms with Crippen LogP contribution in [-0.2, 0) is 4.79 Å². The van der Waals surface area contributed by atoms with Crippen LogP contribution in [-0.4, -0.2) is 35.2 Å². The molecule has 6 nitrogen and oxygen atoms in total. The van der Waals surface area contributed by atoms with Crippen molar-refractivity contribution in [3.05, 3.63) is 0 Å². The fourth-order valence-corrected chi connectivity index (χ4v) is 1.34. The molecule has 16 heavy (non-hydrogen) atoms. The Balaban J connectivity index is 4.45. The first kappa shape index (κ1) is 14.7. The third-order valence-electron chi connectivity index (χ3n) is 2.80. The largest absolute Gasteiger partial charge is 0.394 e. The lowest BCUT2D eigenvalue weighted by Gasteiger charge is -2.32. The summed E-state index contributed by atoms with van der Waals surface area (Å²) in [6.45, 7) is 5.17. The summed E-state index contributed by atoms with van der Waals surface area (Å²) in [5.41, 5.74) is 4.29. The van der Waals surface area contributed by atoms with Crippen molar-refractivity contribution in [2.45, 2.75) is 45.2 Å². The maximum Gasteiger partial charge on any atom is 0.312 e. The predicted octanol–water partition coefficient (Wildman–Crippen LogP) is -0.289. The molecule has 0 aliphatic rings. The first-order valence-electron chi connectivity index (χ1n) is 5.39. The molecule has 1 atom stereocenters. The SMILES string of the molecule is CCC(CC)(CO)NC(=O)C(C)NC(N)=O. The van der Waals surface area contributed by atoms with E-state index in [4.69, 9.17) is 5.73 Å². The van der Waals surface area contributed by atoms with Crippen molar-refractivity contribution in [3.63, 3.8) is 0 Å². The molecular weight excluding hydrogens is 210 g/mol. The summed E-state index contributed by atoms with van der Waals surface area (Å²) in [6, 6.07) is -1.45. The molecule has 3 amide bonds. The molecule has 0 aromatic rings. The second-order valence-electron chi connectivity index (χ2n) is 3.87. The van der Waals surface area contributed by atoms with E-state index in [0.29, 0.717) is 12.8 Å². The highest BCUT2D eigenvalue weighted by Crippen LogP contribution is 2.14. The number of carbonyl (C=O) groups excluding carboxylic acids is 2.